The van der Waals surface area contributed by atoms with Crippen LogP contribution in [0.2, 0.25) is 0 Å². The predicted molar refractivity (Wildman–Crippen MR) is 2.22 cm³/mol. The average Bonchev–Trinajstić information content (AvgIpc) is 0.811. The molecule has 5 heteroatoms. The van der Waals surface area contributed by atoms with Crippen LogP contribution < -0.4 is 27.9 Å². The van der Waals surface area contributed by atoms with Crippen molar-refractivity contribution < 1.29 is 68.2 Å². The molecule has 0 rings (SSSR count). The summed E-state index contributed by atoms with van der Waals surface area (Å²) in [6, 6.07) is 0. The molecule has 0 spiro atoms. The summed E-state index contributed by atoms with van der Waals surface area (Å²) in [6.07, 6.45) is 0. The van der Waals surface area contributed by atoms with Crippen LogP contribution in [0.3, 0.4) is 0 Å². The SMILES string of the molecule is [Lu].[O-][I+2]([O-])O. The summed E-state index contributed by atoms with van der Waals surface area (Å²) >= 11 is -3.76. The molecule has 0 aliphatic carbocycles. The van der Waals surface area contributed by atoms with Crippen LogP contribution in [0.4, 0.5) is 0 Å². The van der Waals surface area contributed by atoms with Gasteiger partial charge in [0, 0.05) is 36.9 Å². The molecule has 0 aromatic carbocycles. The summed E-state index contributed by atoms with van der Waals surface area (Å²) in [5.41, 5.74) is 0. The van der Waals surface area contributed by atoms with Gasteiger partial charge in [-0.2, -0.15) is 0 Å². The van der Waals surface area contributed by atoms with Gasteiger partial charge in [0.25, 0.3) is 0 Å². The maximum Gasteiger partial charge on any atom is 0.503 e. The molecule has 0 bridgehead atoms. The molecule has 1 N–H and O–H groups in total. The molecule has 41 valence electrons. The van der Waals surface area contributed by atoms with E-state index in [0.29, 0.717) is 0 Å². The molecule has 0 unspecified atom stereocenters. The van der Waals surface area contributed by atoms with Crippen molar-refractivity contribution in [1.82, 2.24) is 0 Å². The summed E-state index contributed by atoms with van der Waals surface area (Å²) in [7, 11) is 0. The Morgan fingerprint density at radius 2 is 1.40 bits per heavy atom. The van der Waals surface area contributed by atoms with Crippen molar-refractivity contribution in [3.05, 3.63) is 0 Å². The number of rotatable bonds is 0. The normalized spacial score (nSPS) is 7.20. The molecule has 0 aliphatic rings. The number of hydrogen-bond donors (Lipinski definition) is 1. The molecule has 0 aliphatic heterocycles. The Labute approximate surface area is 67.2 Å². The number of hydrogen-bond acceptors (Lipinski definition) is 3. The van der Waals surface area contributed by atoms with Crippen molar-refractivity contribution in [2.24, 2.45) is 0 Å². The van der Waals surface area contributed by atoms with Crippen molar-refractivity contribution in [1.29, 1.82) is 0 Å². The van der Waals surface area contributed by atoms with Gasteiger partial charge < -0.3 is 6.87 Å². The molecule has 1 radical (unpaired) electrons. The van der Waals surface area contributed by atoms with Crippen LogP contribution in [0, 0.1) is 36.9 Å². The first-order valence-corrected chi connectivity index (χ1v) is 3.20. The van der Waals surface area contributed by atoms with E-state index in [1.54, 1.807) is 0 Å². The maximum absolute atomic E-state index is 8.68. The average molecular weight is 351 g/mol. The molecule has 0 heterocycles. The van der Waals surface area contributed by atoms with Gasteiger partial charge in [0.15, 0.2) is 0 Å². The third-order valence-electron chi connectivity index (χ3n) is 0. The van der Waals surface area contributed by atoms with E-state index in [1.165, 1.54) is 0 Å². The van der Waals surface area contributed by atoms with Crippen LogP contribution in [0.1, 0.15) is 0 Å². The van der Waals surface area contributed by atoms with Crippen LogP contribution in [0.15, 0.2) is 0 Å². The fraction of sp³-hybridized carbons (Fsp3) is 0. The van der Waals surface area contributed by atoms with Gasteiger partial charge in [0.05, 0.1) is 0 Å². The maximum atomic E-state index is 8.68. The van der Waals surface area contributed by atoms with E-state index in [9.17, 15) is 0 Å². The van der Waals surface area contributed by atoms with E-state index >= 15 is 0 Å². The summed E-state index contributed by atoms with van der Waals surface area (Å²) in [4.78, 5) is 0. The van der Waals surface area contributed by atoms with Crippen molar-refractivity contribution in [3.63, 3.8) is 0 Å². The summed E-state index contributed by atoms with van der Waals surface area (Å²) in [5.74, 6) is 0. The topological polar surface area (TPSA) is 66.3 Å². The predicted octanol–water partition coefficient (Wildman–Crippen LogP) is -5.93. The zero-order valence-electron chi connectivity index (χ0n) is 1.90. The van der Waals surface area contributed by atoms with Gasteiger partial charge >= 0.3 is 21.1 Å². The van der Waals surface area contributed by atoms with Crippen LogP contribution in [-0.2, 0) is 0 Å². The van der Waals surface area contributed by atoms with E-state index in [1.807, 2.05) is 0 Å². The summed E-state index contributed by atoms with van der Waals surface area (Å²) < 4.78 is 24.5. The van der Waals surface area contributed by atoms with Gasteiger partial charge in [-0.05, 0) is 3.44 Å². The molecule has 0 saturated carbocycles. The molecular formula is HILuO3. The van der Waals surface area contributed by atoms with Crippen molar-refractivity contribution in [2.75, 3.05) is 0 Å². The van der Waals surface area contributed by atoms with Crippen molar-refractivity contribution >= 4 is 0 Å². The molecule has 0 aromatic rings. The van der Waals surface area contributed by atoms with Crippen molar-refractivity contribution in [3.8, 4) is 0 Å². The smallest absolute Gasteiger partial charge is 0.396 e. The quantitative estimate of drug-likeness (QED) is 0.442. The zero-order valence-corrected chi connectivity index (χ0v) is 5.71. The minimum Gasteiger partial charge on any atom is -0.396 e. The Balaban J connectivity index is 0. The molecule has 0 fully saturated rings. The molecule has 3 nitrogen and oxygen atoms in total. The minimum absolute atomic E-state index is 0. The van der Waals surface area contributed by atoms with Gasteiger partial charge in [-0.25, -0.2) is 0 Å². The largest absolute Gasteiger partial charge is 0.503 e. The monoisotopic (exact) mass is 351 g/mol. The zero-order chi connectivity index (χ0) is 3.58. The third-order valence-corrected chi connectivity index (χ3v) is 0. The van der Waals surface area contributed by atoms with Gasteiger partial charge in [-0.3, -0.25) is 0 Å². The van der Waals surface area contributed by atoms with Gasteiger partial charge in [-0.1, -0.05) is 0 Å². The fourth-order valence-corrected chi connectivity index (χ4v) is 0. The van der Waals surface area contributed by atoms with Crippen LogP contribution in [-0.4, -0.2) is 3.44 Å². The van der Waals surface area contributed by atoms with E-state index < -0.39 is 21.1 Å². The minimum atomic E-state index is -3.76. The fourth-order valence-electron chi connectivity index (χ4n) is 0. The summed E-state index contributed by atoms with van der Waals surface area (Å²) in [6.45, 7) is 0. The molecular weight excluding hydrogens is 350 g/mol. The van der Waals surface area contributed by atoms with Gasteiger partial charge in [-0.15, -0.1) is 0 Å². The first-order chi connectivity index (χ1) is 1.73. The second kappa shape index (κ2) is 5.84. The van der Waals surface area contributed by atoms with Crippen molar-refractivity contribution in [2.45, 2.75) is 0 Å². The van der Waals surface area contributed by atoms with E-state index in [-0.39, 0.29) is 36.9 Å². The third kappa shape index (κ3) is 25.4. The van der Waals surface area contributed by atoms with E-state index in [2.05, 4.69) is 0 Å². The Kier molecular flexibility index (Phi) is 11.6. The first kappa shape index (κ1) is 9.96. The Morgan fingerprint density at radius 1 is 1.40 bits per heavy atom. The summed E-state index contributed by atoms with van der Waals surface area (Å²) in [5, 5.41) is 0. The Hall–Kier alpha value is 1.84. The second-order valence-electron chi connectivity index (χ2n) is 0.201. The molecule has 0 amide bonds. The molecule has 0 saturated heterocycles. The van der Waals surface area contributed by atoms with Gasteiger partial charge in [0.1, 0.15) is 0 Å². The van der Waals surface area contributed by atoms with Crippen LogP contribution in [0.5, 0.6) is 0 Å². The Bertz CT molecular complexity index is 11.6. The van der Waals surface area contributed by atoms with Crippen LogP contribution >= 0.6 is 0 Å². The van der Waals surface area contributed by atoms with Crippen LogP contribution in [0.25, 0.3) is 0 Å². The van der Waals surface area contributed by atoms with E-state index in [0.717, 1.165) is 0 Å². The molecule has 0 aromatic heterocycles. The molecule has 5 heavy (non-hydrogen) atoms. The van der Waals surface area contributed by atoms with E-state index in [4.69, 9.17) is 10.3 Å². The standard InChI is InChI=1S/HIO3.Lu/c2-1(3)4;/h2H;. The van der Waals surface area contributed by atoms with Gasteiger partial charge in [0.2, 0.25) is 0 Å². The second-order valence-corrected chi connectivity index (χ2v) is 1.35. The number of halogens is 1. The first-order valence-electron chi connectivity index (χ1n) is 0.478. The Morgan fingerprint density at radius 3 is 1.40 bits per heavy atom. The molecule has 0 atom stereocenters.